The molecule has 2 aromatic carbocycles. The summed E-state index contributed by atoms with van der Waals surface area (Å²) in [6.07, 6.45) is 16.9. The number of rotatable bonds is 16. The Kier molecular flexibility index (Phi) is 25.1. The van der Waals surface area contributed by atoms with E-state index in [0.717, 1.165) is 140 Å². The van der Waals surface area contributed by atoms with Crippen LogP contribution >= 0.6 is 47.2 Å². The quantitative estimate of drug-likeness (QED) is 0.0270. The van der Waals surface area contributed by atoms with E-state index in [1.165, 1.54) is 76.5 Å². The van der Waals surface area contributed by atoms with Gasteiger partial charge in [0.25, 0.3) is 0 Å². The van der Waals surface area contributed by atoms with E-state index in [1.54, 1.807) is 14.2 Å². The van der Waals surface area contributed by atoms with Crippen LogP contribution < -0.4 is 46.4 Å². The second kappa shape index (κ2) is 31.1. The monoisotopic (exact) mass is 1090 g/mol. The Morgan fingerprint density at radius 2 is 1.01 bits per heavy atom. The third-order valence-corrected chi connectivity index (χ3v) is 13.6. The number of ether oxygens (including phenoxy) is 4. The highest BCUT2D eigenvalue weighted by Gasteiger charge is 2.21. The van der Waals surface area contributed by atoms with Gasteiger partial charge < -0.3 is 56.2 Å². The zero-order chi connectivity index (χ0) is 51.2. The number of fused-ring (bicyclic) bond motifs is 3. The third kappa shape index (κ3) is 17.6. The maximum Gasteiger partial charge on any atom is 0.229 e. The molecule has 17 nitrogen and oxygen atoms in total. The summed E-state index contributed by atoms with van der Waals surface area (Å²) in [4.78, 5) is 30.6. The number of methoxy groups -OCH3 is 2. The fourth-order valence-electron chi connectivity index (χ4n) is 9.42. The number of halogens is 4. The lowest BCUT2D eigenvalue weighted by atomic mass is 10.2. The lowest BCUT2D eigenvalue weighted by molar-refractivity contribution is 0.254. The first-order chi connectivity index (χ1) is 35.1. The molecule has 5 heterocycles. The van der Waals surface area contributed by atoms with Gasteiger partial charge in [-0.25, -0.2) is 24.9 Å². The molecule has 73 heavy (non-hydrogen) atoms. The molecule has 5 aromatic rings. The molecule has 21 heteroatoms. The Balaban J connectivity index is 0.000000192. The second-order valence-corrected chi connectivity index (χ2v) is 18.8. The Labute approximate surface area is 453 Å². The van der Waals surface area contributed by atoms with Crippen LogP contribution in [0.1, 0.15) is 91.6 Å². The summed E-state index contributed by atoms with van der Waals surface area (Å²) in [5.74, 6) is 5.38. The number of hydrogen-bond donors (Lipinski definition) is 5. The van der Waals surface area contributed by atoms with E-state index < -0.39 is 0 Å². The number of nitrogens with zero attached hydrogens (tertiary/aromatic N) is 8. The van der Waals surface area contributed by atoms with Crippen LogP contribution in [0.15, 0.2) is 36.4 Å². The van der Waals surface area contributed by atoms with Crippen LogP contribution in [0.2, 0.25) is 15.7 Å². The molecule has 0 radical (unpaired) electrons. The van der Waals surface area contributed by atoms with E-state index in [9.17, 15) is 0 Å². The molecule has 0 unspecified atom stereocenters. The fraction of sp³-hybridized carbons (Fsp3) is 0.538. The van der Waals surface area contributed by atoms with Crippen LogP contribution in [-0.4, -0.2) is 128 Å². The first kappa shape index (κ1) is 59.0. The molecule has 2 saturated heterocycles. The maximum absolute atomic E-state index is 6.04. The van der Waals surface area contributed by atoms with E-state index in [1.807, 2.05) is 50.5 Å². The summed E-state index contributed by atoms with van der Waals surface area (Å²) in [5, 5.41) is 10.7. The molecule has 10 rings (SSSR count). The highest BCUT2D eigenvalue weighted by molar-refractivity contribution is 6.32. The largest absolute Gasteiger partial charge is 0.493 e. The van der Waals surface area contributed by atoms with Gasteiger partial charge in [-0.1, -0.05) is 11.6 Å². The minimum Gasteiger partial charge on any atom is -0.493 e. The van der Waals surface area contributed by atoms with Crippen molar-refractivity contribution in [2.75, 3.05) is 110 Å². The van der Waals surface area contributed by atoms with Crippen LogP contribution in [0.5, 0.6) is 23.0 Å². The molecule has 0 saturated carbocycles. The predicted octanol–water partition coefficient (Wildman–Crippen LogP) is 9.70. The van der Waals surface area contributed by atoms with Gasteiger partial charge in [0, 0.05) is 67.4 Å². The van der Waals surface area contributed by atoms with Gasteiger partial charge in [-0.15, -0.1) is 12.4 Å². The predicted molar refractivity (Wildman–Crippen MR) is 299 cm³/mol. The van der Waals surface area contributed by atoms with Crippen molar-refractivity contribution in [2.45, 2.75) is 96.3 Å². The van der Waals surface area contributed by atoms with Gasteiger partial charge in [0.1, 0.15) is 16.8 Å². The molecule has 7 N–H and O–H groups in total. The van der Waals surface area contributed by atoms with Crippen LogP contribution in [0.3, 0.4) is 0 Å². The lowest BCUT2D eigenvalue weighted by Crippen LogP contribution is -2.21. The molecule has 400 valence electrons. The molecule has 0 bridgehead atoms. The number of hydrogen-bond acceptors (Lipinski definition) is 17. The van der Waals surface area contributed by atoms with Crippen molar-refractivity contribution in [3.05, 3.63) is 85.9 Å². The van der Waals surface area contributed by atoms with Gasteiger partial charge in [-0.2, -0.15) is 4.98 Å². The molecule has 3 aliphatic carbocycles. The number of aryl methyl sites for hydroxylation is 3. The average Bonchev–Trinajstić information content (AvgIpc) is 4.27. The first-order valence-corrected chi connectivity index (χ1v) is 26.5. The molecule has 0 spiro atoms. The van der Waals surface area contributed by atoms with Crippen molar-refractivity contribution in [3.63, 3.8) is 0 Å². The van der Waals surface area contributed by atoms with Crippen molar-refractivity contribution < 1.29 is 18.9 Å². The van der Waals surface area contributed by atoms with Crippen LogP contribution in [-0.2, 0) is 38.5 Å². The van der Waals surface area contributed by atoms with Crippen LogP contribution in [0, 0.1) is 0 Å². The second-order valence-electron chi connectivity index (χ2n) is 17.8. The molecule has 5 aliphatic rings. The summed E-state index contributed by atoms with van der Waals surface area (Å²) >= 11 is 17.2. The standard InChI is InChI=1S/C22H31N5O2.C14H22N2O2.C8H10ClN3.C7H6Cl2N2.CH5N.ClH/c1-23-21-17-7-5-8-18(17)25-22(26-21)24-16-9-10-19(28-2)20(15-16)29-14-6-13-27-11-3-4-12-27;1-17-13-6-5-12(15)11-14(13)18-10-4-9-16-7-2-3-8-16;1-10-7-5-3-2-4-6(5)11-8(9)12-7;8-6-4-2-1-3-5(4)10-7(9)11-6;1-2;/h9-10,15H,3-8,11-14H2,1-2H3,(H2,23,24,25,26);5-6,11H,2-4,7-10,15H2,1H3;2-4H2,1H3,(H,10,11,12);1-3H2;2H2,1H3;1H. The number of benzene rings is 2. The van der Waals surface area contributed by atoms with Gasteiger partial charge in [0.05, 0.1) is 44.5 Å². The minimum atomic E-state index is 0. The first-order valence-electron chi connectivity index (χ1n) is 25.3. The van der Waals surface area contributed by atoms with Crippen molar-refractivity contribution >= 4 is 76.2 Å². The van der Waals surface area contributed by atoms with Crippen molar-refractivity contribution in [1.82, 2.24) is 39.7 Å². The Bertz CT molecular complexity index is 2480. The third-order valence-electron chi connectivity index (χ3n) is 12.9. The Morgan fingerprint density at radius 3 is 1.55 bits per heavy atom. The zero-order valence-corrected chi connectivity index (χ0v) is 46.2. The SMILES string of the molecule is CN.CNc1nc(Cl)nc2c1CCC2.CNc1nc(Nc2ccc(OC)c(OCCCN3CCCC3)c2)nc2c1CCC2.COc1ccc(N)cc1OCCCN1CCCC1.Cl.Clc1nc(Cl)c2c(n1)CCC2. The van der Waals surface area contributed by atoms with Crippen molar-refractivity contribution in [3.8, 4) is 23.0 Å². The number of likely N-dealkylation sites (tertiary alicyclic amines) is 2. The molecule has 0 atom stereocenters. The van der Waals surface area contributed by atoms with Crippen LogP contribution in [0.25, 0.3) is 0 Å². The summed E-state index contributed by atoms with van der Waals surface area (Å²) in [6, 6.07) is 11.3. The van der Waals surface area contributed by atoms with Crippen molar-refractivity contribution in [2.24, 2.45) is 5.73 Å². The lowest BCUT2D eigenvalue weighted by Gasteiger charge is -2.16. The van der Waals surface area contributed by atoms with Gasteiger partial charge in [-0.3, -0.25) is 0 Å². The summed E-state index contributed by atoms with van der Waals surface area (Å²) < 4.78 is 22.5. The average molecular weight is 1090 g/mol. The smallest absolute Gasteiger partial charge is 0.229 e. The van der Waals surface area contributed by atoms with E-state index >= 15 is 0 Å². The molecule has 3 aromatic heterocycles. The number of nitrogen functional groups attached to an aromatic ring is 1. The van der Waals surface area contributed by atoms with Crippen molar-refractivity contribution in [1.29, 1.82) is 0 Å². The molecule has 2 aliphatic heterocycles. The number of aromatic nitrogens is 6. The van der Waals surface area contributed by atoms with Gasteiger partial charge in [-0.05, 0) is 177 Å². The van der Waals surface area contributed by atoms with E-state index in [0.29, 0.717) is 35.3 Å². The van der Waals surface area contributed by atoms with Crippen LogP contribution in [0.4, 0.5) is 29.0 Å². The topological polar surface area (TPSA) is 209 Å². The highest BCUT2D eigenvalue weighted by atomic mass is 35.5. The minimum absolute atomic E-state index is 0. The Hall–Kier alpha value is -4.88. The van der Waals surface area contributed by atoms with E-state index in [-0.39, 0.29) is 17.7 Å². The molecular weight excluding hydrogens is 1010 g/mol. The zero-order valence-electron chi connectivity index (χ0n) is 43.1. The number of nitrogens with two attached hydrogens (primary N) is 2. The highest BCUT2D eigenvalue weighted by Crippen LogP contribution is 2.34. The maximum atomic E-state index is 6.04. The summed E-state index contributed by atoms with van der Waals surface area (Å²) in [7, 11) is 8.58. The van der Waals surface area contributed by atoms with Gasteiger partial charge in [0.15, 0.2) is 23.0 Å². The Morgan fingerprint density at radius 1 is 0.548 bits per heavy atom. The molecular formula is C52H75Cl4N13O4. The fourth-order valence-corrected chi connectivity index (χ4v) is 10.1. The summed E-state index contributed by atoms with van der Waals surface area (Å²) in [5.41, 5.74) is 18.7. The molecule has 0 amide bonds. The van der Waals surface area contributed by atoms with E-state index in [2.05, 4.69) is 56.4 Å². The summed E-state index contributed by atoms with van der Waals surface area (Å²) in [6.45, 7) is 8.51. The number of anilines is 5. The van der Waals surface area contributed by atoms with E-state index in [4.69, 9.17) is 64.5 Å². The normalized spacial score (nSPS) is 15.0. The molecule has 2 fully saturated rings. The van der Waals surface area contributed by atoms with Gasteiger partial charge in [0.2, 0.25) is 16.5 Å². The number of nitrogens with one attached hydrogen (secondary N) is 3. The van der Waals surface area contributed by atoms with Gasteiger partial charge >= 0.3 is 0 Å².